The highest BCUT2D eigenvalue weighted by molar-refractivity contribution is 6.30. The Morgan fingerprint density at radius 1 is 1.42 bits per heavy atom. The van der Waals surface area contributed by atoms with Gasteiger partial charge in [0.1, 0.15) is 0 Å². The van der Waals surface area contributed by atoms with Crippen molar-refractivity contribution in [1.82, 2.24) is 9.80 Å². The van der Waals surface area contributed by atoms with Crippen LogP contribution in [0.5, 0.6) is 0 Å². The lowest BCUT2D eigenvalue weighted by Crippen LogP contribution is -2.38. The fourth-order valence-electron chi connectivity index (χ4n) is 2.61. The van der Waals surface area contributed by atoms with E-state index in [0.717, 1.165) is 12.1 Å². The monoisotopic (exact) mass is 280 g/mol. The Kier molecular flexibility index (Phi) is 4.97. The van der Waals surface area contributed by atoms with Crippen molar-refractivity contribution in [2.75, 3.05) is 33.7 Å². The largest absolute Gasteiger partial charge is 0.302 e. The summed E-state index contributed by atoms with van der Waals surface area (Å²) in [6.45, 7) is 2.59. The second kappa shape index (κ2) is 6.51. The highest BCUT2D eigenvalue weighted by atomic mass is 35.5. The van der Waals surface area contributed by atoms with E-state index >= 15 is 0 Å². The number of carbonyl (C=O) groups is 1. The minimum absolute atomic E-state index is 0.153. The number of halogens is 1. The minimum Gasteiger partial charge on any atom is -0.302 e. The van der Waals surface area contributed by atoms with Gasteiger partial charge in [0.2, 0.25) is 0 Å². The molecule has 3 nitrogen and oxygen atoms in total. The van der Waals surface area contributed by atoms with E-state index in [4.69, 9.17) is 11.6 Å². The molecule has 0 N–H and O–H groups in total. The molecular weight excluding hydrogens is 260 g/mol. The molecule has 1 atom stereocenters. The fraction of sp³-hybridized carbons (Fsp3) is 0.533. The van der Waals surface area contributed by atoms with Crippen molar-refractivity contribution in [3.8, 4) is 0 Å². The van der Waals surface area contributed by atoms with Gasteiger partial charge in [0.15, 0.2) is 5.78 Å². The molecule has 0 aromatic heterocycles. The first-order valence-corrected chi connectivity index (χ1v) is 7.11. The highest BCUT2D eigenvalue weighted by Gasteiger charge is 2.22. The maximum atomic E-state index is 12.1. The average molecular weight is 281 g/mol. The number of benzene rings is 1. The van der Waals surface area contributed by atoms with Gasteiger partial charge in [-0.05, 0) is 57.7 Å². The predicted octanol–water partition coefficient (Wildman–Crippen LogP) is 2.55. The Bertz CT molecular complexity index is 432. The Hall–Kier alpha value is -0.900. The van der Waals surface area contributed by atoms with Crippen molar-refractivity contribution in [1.29, 1.82) is 0 Å². The summed E-state index contributed by atoms with van der Waals surface area (Å²) in [6, 6.07) is 7.70. The van der Waals surface area contributed by atoms with Gasteiger partial charge in [-0.3, -0.25) is 9.69 Å². The zero-order valence-corrected chi connectivity index (χ0v) is 12.4. The van der Waals surface area contributed by atoms with Gasteiger partial charge >= 0.3 is 0 Å². The molecule has 1 unspecified atom stereocenters. The summed E-state index contributed by atoms with van der Waals surface area (Å²) >= 11 is 5.82. The maximum absolute atomic E-state index is 12.1. The normalized spacial score (nSPS) is 20.1. The number of likely N-dealkylation sites (N-methyl/N-ethyl adjacent to an activating group) is 2. The van der Waals surface area contributed by atoms with Crippen LogP contribution in [0.15, 0.2) is 24.3 Å². The number of carbonyl (C=O) groups excluding carboxylic acids is 1. The molecule has 19 heavy (non-hydrogen) atoms. The number of ketones is 1. The average Bonchev–Trinajstić information content (AvgIpc) is 2.75. The molecule has 1 aromatic carbocycles. The first kappa shape index (κ1) is 14.5. The van der Waals surface area contributed by atoms with Crippen LogP contribution in [-0.2, 0) is 0 Å². The van der Waals surface area contributed by atoms with Gasteiger partial charge in [-0.15, -0.1) is 0 Å². The van der Waals surface area contributed by atoms with Crippen molar-refractivity contribution in [3.05, 3.63) is 34.9 Å². The molecular formula is C15H21ClN2O. The molecule has 1 aromatic rings. The molecule has 1 aliphatic heterocycles. The van der Waals surface area contributed by atoms with Crippen LogP contribution < -0.4 is 0 Å². The van der Waals surface area contributed by atoms with Gasteiger partial charge in [0.05, 0.1) is 6.54 Å². The lowest BCUT2D eigenvalue weighted by atomic mass is 10.1. The molecule has 1 saturated heterocycles. The Morgan fingerprint density at radius 2 is 2.11 bits per heavy atom. The topological polar surface area (TPSA) is 23.6 Å². The van der Waals surface area contributed by atoms with Gasteiger partial charge < -0.3 is 4.90 Å². The second-order valence-corrected chi connectivity index (χ2v) is 5.84. The van der Waals surface area contributed by atoms with Crippen LogP contribution >= 0.6 is 11.6 Å². The molecule has 0 amide bonds. The third kappa shape index (κ3) is 4.03. The van der Waals surface area contributed by atoms with Crippen molar-refractivity contribution in [3.63, 3.8) is 0 Å². The van der Waals surface area contributed by atoms with Crippen molar-refractivity contribution >= 4 is 17.4 Å². The lowest BCUT2D eigenvalue weighted by Gasteiger charge is -2.25. The smallest absolute Gasteiger partial charge is 0.176 e. The fourth-order valence-corrected chi connectivity index (χ4v) is 2.73. The third-order valence-corrected chi connectivity index (χ3v) is 4.03. The van der Waals surface area contributed by atoms with E-state index in [1.165, 1.54) is 19.4 Å². The number of hydrogen-bond acceptors (Lipinski definition) is 3. The van der Waals surface area contributed by atoms with Crippen LogP contribution in [0.25, 0.3) is 0 Å². The Morgan fingerprint density at radius 3 is 2.68 bits per heavy atom. The molecule has 1 fully saturated rings. The summed E-state index contributed by atoms with van der Waals surface area (Å²) in [5.74, 6) is 0.153. The van der Waals surface area contributed by atoms with E-state index in [0.29, 0.717) is 17.6 Å². The van der Waals surface area contributed by atoms with Crippen molar-refractivity contribution < 1.29 is 4.79 Å². The maximum Gasteiger partial charge on any atom is 0.176 e. The number of Topliss-reactive ketones (excluding diaryl/α,β-unsaturated/α-hetero) is 1. The Labute approximate surface area is 120 Å². The van der Waals surface area contributed by atoms with E-state index in [9.17, 15) is 4.79 Å². The zero-order valence-electron chi connectivity index (χ0n) is 11.6. The summed E-state index contributed by atoms with van der Waals surface area (Å²) in [7, 11) is 4.17. The SMILES string of the molecule is CN(CC(=O)c1ccc(Cl)cc1)CC1CCCN1C. The van der Waals surface area contributed by atoms with Crippen LogP contribution in [-0.4, -0.2) is 55.4 Å². The molecule has 0 radical (unpaired) electrons. The van der Waals surface area contributed by atoms with Crippen LogP contribution in [0, 0.1) is 0 Å². The summed E-state index contributed by atoms with van der Waals surface area (Å²) in [5.41, 5.74) is 0.732. The number of likely N-dealkylation sites (tertiary alicyclic amines) is 1. The number of hydrogen-bond donors (Lipinski definition) is 0. The molecule has 4 heteroatoms. The van der Waals surface area contributed by atoms with Crippen LogP contribution in [0.3, 0.4) is 0 Å². The summed E-state index contributed by atoms with van der Waals surface area (Å²) in [4.78, 5) is 16.6. The molecule has 0 spiro atoms. The molecule has 1 aliphatic rings. The van der Waals surface area contributed by atoms with E-state index in [1.807, 2.05) is 7.05 Å². The molecule has 0 aliphatic carbocycles. The zero-order chi connectivity index (χ0) is 13.8. The van der Waals surface area contributed by atoms with Gasteiger partial charge in [-0.2, -0.15) is 0 Å². The molecule has 1 heterocycles. The second-order valence-electron chi connectivity index (χ2n) is 5.40. The van der Waals surface area contributed by atoms with Gasteiger partial charge in [0.25, 0.3) is 0 Å². The summed E-state index contributed by atoms with van der Waals surface area (Å²) in [5, 5.41) is 0.664. The predicted molar refractivity (Wildman–Crippen MR) is 78.9 cm³/mol. The minimum atomic E-state index is 0.153. The number of nitrogens with zero attached hydrogens (tertiary/aromatic N) is 2. The standard InChI is InChI=1S/C15H21ClN2O/c1-17(10-14-4-3-9-18(14)2)11-15(19)12-5-7-13(16)8-6-12/h5-8,14H,3-4,9-11H2,1-2H3. The van der Waals surface area contributed by atoms with E-state index in [-0.39, 0.29) is 5.78 Å². The van der Waals surface area contributed by atoms with Gasteiger partial charge in [-0.25, -0.2) is 0 Å². The third-order valence-electron chi connectivity index (χ3n) is 3.77. The molecule has 0 saturated carbocycles. The summed E-state index contributed by atoms with van der Waals surface area (Å²) in [6.07, 6.45) is 2.50. The van der Waals surface area contributed by atoms with E-state index in [2.05, 4.69) is 16.8 Å². The van der Waals surface area contributed by atoms with Crippen LogP contribution in [0.4, 0.5) is 0 Å². The first-order valence-electron chi connectivity index (χ1n) is 6.74. The van der Waals surface area contributed by atoms with Gasteiger partial charge in [0, 0.05) is 23.2 Å². The molecule has 0 bridgehead atoms. The molecule has 2 rings (SSSR count). The number of rotatable bonds is 5. The van der Waals surface area contributed by atoms with E-state index < -0.39 is 0 Å². The Balaban J connectivity index is 1.86. The first-order chi connectivity index (χ1) is 9.06. The van der Waals surface area contributed by atoms with Gasteiger partial charge in [-0.1, -0.05) is 11.6 Å². The van der Waals surface area contributed by atoms with Crippen LogP contribution in [0.1, 0.15) is 23.2 Å². The van der Waals surface area contributed by atoms with Crippen molar-refractivity contribution in [2.45, 2.75) is 18.9 Å². The summed E-state index contributed by atoms with van der Waals surface area (Å²) < 4.78 is 0. The van der Waals surface area contributed by atoms with Crippen molar-refractivity contribution in [2.24, 2.45) is 0 Å². The van der Waals surface area contributed by atoms with E-state index in [1.54, 1.807) is 24.3 Å². The molecule has 104 valence electrons. The quantitative estimate of drug-likeness (QED) is 0.775. The van der Waals surface area contributed by atoms with Crippen LogP contribution in [0.2, 0.25) is 5.02 Å². The highest BCUT2D eigenvalue weighted by Crippen LogP contribution is 2.16. The lowest BCUT2D eigenvalue weighted by molar-refractivity contribution is 0.0932.